The van der Waals surface area contributed by atoms with Crippen molar-refractivity contribution in [3.05, 3.63) is 34.9 Å². The van der Waals surface area contributed by atoms with Crippen molar-refractivity contribution in [3.63, 3.8) is 0 Å². The normalized spacial score (nSPS) is 31.4. The van der Waals surface area contributed by atoms with Crippen LogP contribution in [0.4, 0.5) is 0 Å². The van der Waals surface area contributed by atoms with E-state index in [-0.39, 0.29) is 36.4 Å². The van der Waals surface area contributed by atoms with Crippen molar-refractivity contribution in [1.29, 1.82) is 0 Å². The van der Waals surface area contributed by atoms with E-state index in [9.17, 15) is 14.4 Å². The van der Waals surface area contributed by atoms with Gasteiger partial charge in [0.25, 0.3) is 17.7 Å². The molecule has 2 heterocycles. The van der Waals surface area contributed by atoms with Crippen molar-refractivity contribution in [3.8, 4) is 0 Å². The lowest BCUT2D eigenvalue weighted by molar-refractivity contribution is 0.0475. The second kappa shape index (κ2) is 7.24. The molecule has 4 aliphatic rings. The maximum atomic E-state index is 12.8. The Labute approximate surface area is 171 Å². The summed E-state index contributed by atoms with van der Waals surface area (Å²) >= 11 is 0. The predicted molar refractivity (Wildman–Crippen MR) is 107 cm³/mol. The fraction of sp³-hybridized carbons (Fsp3) is 0.609. The molecule has 2 saturated carbocycles. The highest BCUT2D eigenvalue weighted by Gasteiger charge is 2.42. The van der Waals surface area contributed by atoms with Gasteiger partial charge >= 0.3 is 0 Å². The maximum absolute atomic E-state index is 12.8. The van der Waals surface area contributed by atoms with E-state index < -0.39 is 0 Å². The molecule has 5 atom stereocenters. The number of hydrogen-bond donors (Lipinski definition) is 1. The molecular weight excluding hydrogens is 368 g/mol. The molecule has 2 aliphatic carbocycles. The second-order valence-electron chi connectivity index (χ2n) is 9.22. The van der Waals surface area contributed by atoms with E-state index in [0.717, 1.165) is 24.7 Å². The number of carbonyl (C=O) groups excluding carboxylic acids is 3. The van der Waals surface area contributed by atoms with Crippen molar-refractivity contribution < 1.29 is 19.1 Å². The Hall–Kier alpha value is -2.21. The Balaban J connectivity index is 1.28. The van der Waals surface area contributed by atoms with E-state index in [1.54, 1.807) is 18.2 Å². The van der Waals surface area contributed by atoms with Gasteiger partial charge in [0.1, 0.15) is 0 Å². The largest absolute Gasteiger partial charge is 0.376 e. The van der Waals surface area contributed by atoms with Crippen LogP contribution in [0.3, 0.4) is 0 Å². The molecular formula is C23H28N2O4. The van der Waals surface area contributed by atoms with Crippen LogP contribution in [0.1, 0.15) is 76.5 Å². The third-order valence-electron chi connectivity index (χ3n) is 7.44. The molecule has 6 heteroatoms. The number of nitrogens with one attached hydrogen (secondary N) is 1. The lowest BCUT2D eigenvalue weighted by atomic mass is 9.84. The van der Waals surface area contributed by atoms with E-state index in [4.69, 9.17) is 4.74 Å². The number of nitrogens with zero attached hydrogens (tertiary/aromatic N) is 1. The van der Waals surface area contributed by atoms with E-state index in [1.807, 2.05) is 0 Å². The summed E-state index contributed by atoms with van der Waals surface area (Å²) < 4.78 is 5.58. The Morgan fingerprint density at radius 2 is 2.00 bits per heavy atom. The van der Waals surface area contributed by atoms with Gasteiger partial charge in [0, 0.05) is 18.2 Å². The van der Waals surface area contributed by atoms with Gasteiger partial charge < -0.3 is 10.1 Å². The Kier molecular flexibility index (Phi) is 4.69. The summed E-state index contributed by atoms with van der Waals surface area (Å²) in [7, 11) is 0. The average molecular weight is 396 g/mol. The van der Waals surface area contributed by atoms with Crippen LogP contribution in [0.2, 0.25) is 0 Å². The molecule has 29 heavy (non-hydrogen) atoms. The minimum absolute atomic E-state index is 0.0809. The fourth-order valence-corrected chi connectivity index (χ4v) is 5.89. The molecule has 1 aromatic rings. The second-order valence-corrected chi connectivity index (χ2v) is 9.22. The van der Waals surface area contributed by atoms with Crippen LogP contribution in [0, 0.1) is 17.8 Å². The highest BCUT2D eigenvalue weighted by molar-refractivity contribution is 6.22. The molecule has 154 valence electrons. The number of amides is 3. The number of ether oxygens (including phenoxy) is 1. The Bertz CT molecular complexity index is 860. The molecule has 3 amide bonds. The molecule has 1 N–H and O–H groups in total. The fourth-order valence-electron chi connectivity index (χ4n) is 5.89. The summed E-state index contributed by atoms with van der Waals surface area (Å²) in [6.45, 7) is 3.06. The van der Waals surface area contributed by atoms with Gasteiger partial charge in [-0.3, -0.25) is 19.3 Å². The van der Waals surface area contributed by atoms with Crippen LogP contribution in [0.5, 0.6) is 0 Å². The van der Waals surface area contributed by atoms with Gasteiger partial charge in [-0.2, -0.15) is 0 Å². The first-order chi connectivity index (χ1) is 14.0. The zero-order valence-corrected chi connectivity index (χ0v) is 16.9. The van der Waals surface area contributed by atoms with Crippen LogP contribution >= 0.6 is 0 Å². The van der Waals surface area contributed by atoms with Crippen LogP contribution in [0.15, 0.2) is 18.2 Å². The zero-order chi connectivity index (χ0) is 20.1. The number of hydrogen-bond acceptors (Lipinski definition) is 4. The molecule has 5 rings (SSSR count). The van der Waals surface area contributed by atoms with Crippen molar-refractivity contribution >= 4 is 17.7 Å². The molecule has 0 unspecified atom stereocenters. The molecule has 3 fully saturated rings. The summed E-state index contributed by atoms with van der Waals surface area (Å²) in [5.41, 5.74) is 1.15. The van der Waals surface area contributed by atoms with Crippen LogP contribution < -0.4 is 5.32 Å². The summed E-state index contributed by atoms with van der Waals surface area (Å²) in [6, 6.07) is 4.97. The minimum atomic E-state index is -0.323. The molecule has 1 aromatic carbocycles. The molecule has 0 radical (unpaired) electrons. The van der Waals surface area contributed by atoms with Crippen molar-refractivity contribution in [2.24, 2.45) is 17.8 Å². The van der Waals surface area contributed by atoms with Gasteiger partial charge in [-0.15, -0.1) is 0 Å². The standard InChI is InChI=1S/C23H28N2O4/c1-13(19-10-14-4-5-15(19)9-14)24-21(26)16-6-7-18-20(11-16)23(28)25(22(18)27)12-17-3-2-8-29-17/h6-7,11,13-15,17,19H,2-5,8-10,12H2,1H3,(H,24,26)/t13-,14-,15-,17+,19-/m0/s1. The number of imide groups is 1. The third-order valence-corrected chi connectivity index (χ3v) is 7.44. The number of benzene rings is 1. The Morgan fingerprint density at radius 3 is 2.69 bits per heavy atom. The van der Waals surface area contributed by atoms with Gasteiger partial charge in [0.15, 0.2) is 0 Å². The summed E-state index contributed by atoms with van der Waals surface area (Å²) in [5, 5.41) is 3.14. The summed E-state index contributed by atoms with van der Waals surface area (Å²) in [4.78, 5) is 39.5. The molecule has 2 bridgehead atoms. The molecule has 6 nitrogen and oxygen atoms in total. The average Bonchev–Trinajstić information content (AvgIpc) is 3.51. The highest BCUT2D eigenvalue weighted by Crippen LogP contribution is 2.49. The van der Waals surface area contributed by atoms with Crippen LogP contribution in [0.25, 0.3) is 0 Å². The van der Waals surface area contributed by atoms with E-state index in [1.165, 1.54) is 30.6 Å². The monoisotopic (exact) mass is 396 g/mol. The lowest BCUT2D eigenvalue weighted by Crippen LogP contribution is -2.40. The maximum Gasteiger partial charge on any atom is 0.261 e. The molecule has 1 saturated heterocycles. The summed E-state index contributed by atoms with van der Waals surface area (Å²) in [5.74, 6) is 1.35. The number of carbonyl (C=O) groups is 3. The van der Waals surface area contributed by atoms with Gasteiger partial charge in [-0.25, -0.2) is 0 Å². The minimum Gasteiger partial charge on any atom is -0.376 e. The predicted octanol–water partition coefficient (Wildman–Crippen LogP) is 3.02. The summed E-state index contributed by atoms with van der Waals surface area (Å²) in [6.07, 6.45) is 6.88. The van der Waals surface area contributed by atoms with Gasteiger partial charge in [-0.05, 0) is 75.0 Å². The Morgan fingerprint density at radius 1 is 1.17 bits per heavy atom. The smallest absolute Gasteiger partial charge is 0.261 e. The first-order valence-electron chi connectivity index (χ1n) is 10.9. The van der Waals surface area contributed by atoms with E-state index in [2.05, 4.69) is 12.2 Å². The third kappa shape index (κ3) is 3.27. The van der Waals surface area contributed by atoms with Crippen molar-refractivity contribution in [2.45, 2.75) is 57.6 Å². The highest BCUT2D eigenvalue weighted by atomic mass is 16.5. The van der Waals surface area contributed by atoms with Crippen LogP contribution in [-0.2, 0) is 4.74 Å². The number of fused-ring (bicyclic) bond motifs is 3. The van der Waals surface area contributed by atoms with Crippen molar-refractivity contribution in [1.82, 2.24) is 10.2 Å². The topological polar surface area (TPSA) is 75.7 Å². The first kappa shape index (κ1) is 18.8. The first-order valence-corrected chi connectivity index (χ1v) is 10.9. The van der Waals surface area contributed by atoms with Gasteiger partial charge in [0.05, 0.1) is 23.8 Å². The quantitative estimate of drug-likeness (QED) is 0.777. The lowest BCUT2D eigenvalue weighted by Gasteiger charge is -2.28. The molecule has 0 spiro atoms. The molecule has 0 aromatic heterocycles. The van der Waals surface area contributed by atoms with Gasteiger partial charge in [-0.1, -0.05) is 6.42 Å². The molecule has 2 aliphatic heterocycles. The van der Waals surface area contributed by atoms with E-state index >= 15 is 0 Å². The van der Waals surface area contributed by atoms with Crippen LogP contribution in [-0.4, -0.2) is 47.9 Å². The van der Waals surface area contributed by atoms with Crippen molar-refractivity contribution in [2.75, 3.05) is 13.2 Å². The SMILES string of the molecule is C[C@H](NC(=O)c1ccc2c(c1)C(=O)N(C[C@H]1CCCO1)C2=O)[C@@H]1C[C@H]2CC[C@H]1C2. The van der Waals surface area contributed by atoms with Gasteiger partial charge in [0.2, 0.25) is 0 Å². The number of rotatable bonds is 5. The zero-order valence-electron chi connectivity index (χ0n) is 16.9. The van der Waals surface area contributed by atoms with E-state index in [0.29, 0.717) is 29.2 Å².